The standard InChI is InChI=1S/C19H23ClN2O4S/c1-3-26-18-9-5-4-7-14(18)8-6-12-21-19(23)15-10-11-17(16(20)13-15)22-27(2,24)25/h4-5,7,9-11,13,22H,3,6,8,12H2,1-2H3,(H,21,23). The van der Waals surface area contributed by atoms with Crippen LogP contribution in [-0.4, -0.2) is 33.7 Å². The van der Waals surface area contributed by atoms with E-state index in [1.165, 1.54) is 18.2 Å². The second-order valence-electron chi connectivity index (χ2n) is 5.97. The van der Waals surface area contributed by atoms with Crippen LogP contribution >= 0.6 is 11.6 Å². The molecule has 2 rings (SSSR count). The van der Waals surface area contributed by atoms with Crippen LogP contribution in [0.15, 0.2) is 42.5 Å². The van der Waals surface area contributed by atoms with Gasteiger partial charge in [-0.1, -0.05) is 29.8 Å². The predicted octanol–water partition coefficient (Wildman–Crippen LogP) is 3.47. The Morgan fingerprint density at radius 2 is 1.93 bits per heavy atom. The van der Waals surface area contributed by atoms with E-state index in [-0.39, 0.29) is 16.6 Å². The maximum Gasteiger partial charge on any atom is 0.251 e. The van der Waals surface area contributed by atoms with Gasteiger partial charge in [0.1, 0.15) is 5.75 Å². The number of nitrogens with one attached hydrogen (secondary N) is 2. The molecule has 0 aliphatic rings. The van der Waals surface area contributed by atoms with Crippen LogP contribution in [0.3, 0.4) is 0 Å². The van der Waals surface area contributed by atoms with Gasteiger partial charge in [0.2, 0.25) is 10.0 Å². The summed E-state index contributed by atoms with van der Waals surface area (Å²) in [5, 5.41) is 3.00. The molecular formula is C19H23ClN2O4S. The normalized spacial score (nSPS) is 11.1. The van der Waals surface area contributed by atoms with Crippen LogP contribution in [0.1, 0.15) is 29.3 Å². The molecule has 0 saturated carbocycles. The molecule has 2 N–H and O–H groups in total. The van der Waals surface area contributed by atoms with Crippen LogP contribution in [-0.2, 0) is 16.4 Å². The molecule has 0 aliphatic heterocycles. The first kappa shape index (κ1) is 21.1. The molecule has 2 aromatic rings. The zero-order valence-corrected chi connectivity index (χ0v) is 16.9. The maximum absolute atomic E-state index is 12.2. The number of carbonyl (C=O) groups is 1. The third-order valence-electron chi connectivity index (χ3n) is 3.71. The summed E-state index contributed by atoms with van der Waals surface area (Å²) in [6, 6.07) is 12.3. The maximum atomic E-state index is 12.2. The molecule has 0 aromatic heterocycles. The Morgan fingerprint density at radius 1 is 1.19 bits per heavy atom. The first-order valence-electron chi connectivity index (χ1n) is 8.56. The fourth-order valence-corrected chi connectivity index (χ4v) is 3.39. The SMILES string of the molecule is CCOc1ccccc1CCCNC(=O)c1ccc(NS(C)(=O)=O)c(Cl)c1. The Morgan fingerprint density at radius 3 is 2.59 bits per heavy atom. The Bertz CT molecular complexity index is 900. The van der Waals surface area contributed by atoms with Crippen molar-refractivity contribution in [3.63, 3.8) is 0 Å². The smallest absolute Gasteiger partial charge is 0.251 e. The first-order valence-corrected chi connectivity index (χ1v) is 10.8. The topological polar surface area (TPSA) is 84.5 Å². The number of anilines is 1. The van der Waals surface area contributed by atoms with Gasteiger partial charge in [-0.15, -0.1) is 0 Å². The zero-order valence-electron chi connectivity index (χ0n) is 15.3. The van der Waals surface area contributed by atoms with E-state index in [1.807, 2.05) is 31.2 Å². The van der Waals surface area contributed by atoms with E-state index in [1.54, 1.807) is 0 Å². The van der Waals surface area contributed by atoms with Crippen molar-refractivity contribution < 1.29 is 17.9 Å². The van der Waals surface area contributed by atoms with Crippen LogP contribution in [0.5, 0.6) is 5.75 Å². The van der Waals surface area contributed by atoms with Gasteiger partial charge in [-0.25, -0.2) is 8.42 Å². The summed E-state index contributed by atoms with van der Waals surface area (Å²) >= 11 is 6.05. The van der Waals surface area contributed by atoms with E-state index in [0.717, 1.165) is 30.4 Å². The molecule has 0 fully saturated rings. The van der Waals surface area contributed by atoms with Crippen LogP contribution in [0.4, 0.5) is 5.69 Å². The summed E-state index contributed by atoms with van der Waals surface area (Å²) in [5.41, 5.74) is 1.71. The average Bonchev–Trinajstić information content (AvgIpc) is 2.60. The third kappa shape index (κ3) is 6.77. The van der Waals surface area contributed by atoms with Crippen molar-refractivity contribution >= 4 is 33.2 Å². The first-order chi connectivity index (χ1) is 12.8. The number of hydrogen-bond acceptors (Lipinski definition) is 4. The van der Waals surface area contributed by atoms with Gasteiger partial charge in [-0.05, 0) is 49.6 Å². The predicted molar refractivity (Wildman–Crippen MR) is 108 cm³/mol. The van der Waals surface area contributed by atoms with Crippen molar-refractivity contribution in [2.75, 3.05) is 24.1 Å². The molecule has 0 radical (unpaired) electrons. The van der Waals surface area contributed by atoms with Gasteiger partial charge in [0.25, 0.3) is 5.91 Å². The lowest BCUT2D eigenvalue weighted by atomic mass is 10.1. The van der Waals surface area contributed by atoms with Crippen LogP contribution < -0.4 is 14.8 Å². The van der Waals surface area contributed by atoms with Gasteiger partial charge in [0.05, 0.1) is 23.6 Å². The van der Waals surface area contributed by atoms with Crippen LogP contribution in [0.2, 0.25) is 5.02 Å². The summed E-state index contributed by atoms with van der Waals surface area (Å²) in [6.07, 6.45) is 2.58. The minimum absolute atomic E-state index is 0.165. The van der Waals surface area contributed by atoms with Crippen molar-refractivity contribution in [1.29, 1.82) is 0 Å². The Hall–Kier alpha value is -2.25. The number of ether oxygens (including phenoxy) is 1. The van der Waals surface area contributed by atoms with Crippen molar-refractivity contribution in [3.05, 3.63) is 58.6 Å². The number of halogens is 1. The van der Waals surface area contributed by atoms with Crippen LogP contribution in [0.25, 0.3) is 0 Å². The van der Waals surface area contributed by atoms with Gasteiger partial charge in [0.15, 0.2) is 0 Å². The molecule has 0 spiro atoms. The lowest BCUT2D eigenvalue weighted by Crippen LogP contribution is -2.24. The number of sulfonamides is 1. The highest BCUT2D eigenvalue weighted by Crippen LogP contribution is 2.24. The average molecular weight is 411 g/mol. The highest BCUT2D eigenvalue weighted by Gasteiger charge is 2.11. The van der Waals surface area contributed by atoms with Crippen molar-refractivity contribution in [2.45, 2.75) is 19.8 Å². The van der Waals surface area contributed by atoms with E-state index in [2.05, 4.69) is 10.0 Å². The molecule has 2 aromatic carbocycles. The quantitative estimate of drug-likeness (QED) is 0.620. The minimum Gasteiger partial charge on any atom is -0.494 e. The molecular weight excluding hydrogens is 388 g/mol. The molecule has 0 atom stereocenters. The number of aryl methyl sites for hydroxylation is 1. The highest BCUT2D eigenvalue weighted by molar-refractivity contribution is 7.92. The van der Waals surface area contributed by atoms with E-state index in [4.69, 9.17) is 16.3 Å². The molecule has 146 valence electrons. The van der Waals surface area contributed by atoms with Gasteiger partial charge in [0, 0.05) is 12.1 Å². The molecule has 27 heavy (non-hydrogen) atoms. The number of benzene rings is 2. The van der Waals surface area contributed by atoms with Gasteiger partial charge < -0.3 is 10.1 Å². The molecule has 0 heterocycles. The molecule has 6 nitrogen and oxygen atoms in total. The Labute approximate surface area is 164 Å². The largest absolute Gasteiger partial charge is 0.494 e. The van der Waals surface area contributed by atoms with Crippen LogP contribution in [0, 0.1) is 0 Å². The number of hydrogen-bond donors (Lipinski definition) is 2. The van der Waals surface area contributed by atoms with Gasteiger partial charge in [-0.2, -0.15) is 0 Å². The number of rotatable bonds is 9. The highest BCUT2D eigenvalue weighted by atomic mass is 35.5. The Balaban J connectivity index is 1.88. The lowest BCUT2D eigenvalue weighted by Gasteiger charge is -2.11. The van der Waals surface area contributed by atoms with E-state index >= 15 is 0 Å². The second-order valence-corrected chi connectivity index (χ2v) is 8.12. The number of para-hydroxylation sites is 1. The molecule has 1 amide bonds. The molecule has 0 saturated heterocycles. The number of amides is 1. The summed E-state index contributed by atoms with van der Waals surface area (Å²) < 4.78 is 30.4. The van der Waals surface area contributed by atoms with Gasteiger partial charge >= 0.3 is 0 Å². The molecule has 0 aliphatic carbocycles. The summed E-state index contributed by atoms with van der Waals surface area (Å²) in [4.78, 5) is 12.2. The third-order valence-corrected chi connectivity index (χ3v) is 4.61. The molecule has 8 heteroatoms. The van der Waals surface area contributed by atoms with Crippen molar-refractivity contribution in [2.24, 2.45) is 0 Å². The summed E-state index contributed by atoms with van der Waals surface area (Å²) in [5.74, 6) is 0.605. The molecule has 0 bridgehead atoms. The van der Waals surface area contributed by atoms with E-state index in [0.29, 0.717) is 18.7 Å². The Kier molecular flexibility index (Phi) is 7.50. The fraction of sp³-hybridized carbons (Fsp3) is 0.316. The summed E-state index contributed by atoms with van der Waals surface area (Å²) in [6.45, 7) is 3.05. The monoisotopic (exact) mass is 410 g/mol. The summed E-state index contributed by atoms with van der Waals surface area (Å²) in [7, 11) is -3.43. The second kappa shape index (κ2) is 9.62. The molecule has 0 unspecified atom stereocenters. The van der Waals surface area contributed by atoms with Crippen molar-refractivity contribution in [3.8, 4) is 5.75 Å². The fourth-order valence-electron chi connectivity index (χ4n) is 2.53. The van der Waals surface area contributed by atoms with Crippen molar-refractivity contribution in [1.82, 2.24) is 5.32 Å². The number of carbonyl (C=O) groups excluding carboxylic acids is 1. The van der Waals surface area contributed by atoms with E-state index < -0.39 is 10.0 Å². The van der Waals surface area contributed by atoms with E-state index in [9.17, 15) is 13.2 Å². The van der Waals surface area contributed by atoms with Gasteiger partial charge in [-0.3, -0.25) is 9.52 Å². The zero-order chi connectivity index (χ0) is 19.9. The lowest BCUT2D eigenvalue weighted by molar-refractivity contribution is 0.0953. The minimum atomic E-state index is -3.43.